The van der Waals surface area contributed by atoms with Crippen LogP contribution in [0.3, 0.4) is 0 Å². The molecule has 1 atom stereocenters. The Bertz CT molecular complexity index is 901. The van der Waals surface area contributed by atoms with Crippen LogP contribution in [0.1, 0.15) is 50.9 Å². The van der Waals surface area contributed by atoms with Gasteiger partial charge in [-0.25, -0.2) is 4.79 Å². The summed E-state index contributed by atoms with van der Waals surface area (Å²) in [5.74, 6) is 0.000107. The molecule has 1 saturated heterocycles. The summed E-state index contributed by atoms with van der Waals surface area (Å²) in [4.78, 5) is 29.8. The average molecular weight is 427 g/mol. The zero-order valence-corrected chi connectivity index (χ0v) is 19.1. The second kappa shape index (κ2) is 10.1. The molecule has 2 aromatic carbocycles. The van der Waals surface area contributed by atoms with Crippen LogP contribution in [0.15, 0.2) is 42.5 Å². The lowest BCUT2D eigenvalue weighted by atomic mass is 10.0. The Hall–Kier alpha value is -2.60. The van der Waals surface area contributed by atoms with Crippen LogP contribution in [-0.4, -0.2) is 66.3 Å². The number of carbonyl (C=O) groups is 2. The average Bonchev–Trinajstić information content (AvgIpc) is 2.74. The van der Waals surface area contributed by atoms with E-state index in [9.17, 15) is 9.59 Å². The van der Waals surface area contributed by atoms with Gasteiger partial charge in [0.1, 0.15) is 5.60 Å². The molecule has 6 heteroatoms. The third-order valence-corrected chi connectivity index (χ3v) is 5.36. The Labute approximate surface area is 185 Å². The van der Waals surface area contributed by atoms with Crippen molar-refractivity contribution >= 4 is 22.8 Å². The molecular weight excluding hydrogens is 392 g/mol. The van der Waals surface area contributed by atoms with Gasteiger partial charge in [-0.05, 0) is 50.5 Å². The second-order valence-corrected chi connectivity index (χ2v) is 9.01. The van der Waals surface area contributed by atoms with E-state index in [2.05, 4.69) is 6.92 Å². The molecule has 1 aliphatic heterocycles. The summed E-state index contributed by atoms with van der Waals surface area (Å²) >= 11 is 0. The minimum Gasteiger partial charge on any atom is -0.444 e. The van der Waals surface area contributed by atoms with Gasteiger partial charge in [-0.2, -0.15) is 0 Å². The molecule has 6 nitrogen and oxygen atoms in total. The van der Waals surface area contributed by atoms with Crippen molar-refractivity contribution < 1.29 is 19.1 Å². The molecule has 0 aliphatic carbocycles. The Morgan fingerprint density at radius 1 is 1.03 bits per heavy atom. The third-order valence-electron chi connectivity index (χ3n) is 5.36. The molecule has 3 rings (SSSR count). The molecule has 2 aromatic rings. The van der Waals surface area contributed by atoms with Crippen LogP contribution in [0.25, 0.3) is 10.8 Å². The predicted octanol–water partition coefficient (Wildman–Crippen LogP) is 4.72. The summed E-state index contributed by atoms with van der Waals surface area (Å²) < 4.78 is 11.3. The topological polar surface area (TPSA) is 59.1 Å². The minimum absolute atomic E-state index is 0.000107. The summed E-state index contributed by atoms with van der Waals surface area (Å²) in [5, 5.41) is 2.00. The molecule has 1 heterocycles. The van der Waals surface area contributed by atoms with E-state index in [4.69, 9.17) is 9.47 Å². The number of benzene rings is 2. The third kappa shape index (κ3) is 5.97. The van der Waals surface area contributed by atoms with Gasteiger partial charge < -0.3 is 19.3 Å². The van der Waals surface area contributed by atoms with Gasteiger partial charge in [-0.3, -0.25) is 4.79 Å². The highest BCUT2D eigenvalue weighted by molar-refractivity contribution is 6.07. The van der Waals surface area contributed by atoms with E-state index in [-0.39, 0.29) is 18.0 Å². The predicted molar refractivity (Wildman–Crippen MR) is 122 cm³/mol. The van der Waals surface area contributed by atoms with E-state index in [1.165, 1.54) is 0 Å². The summed E-state index contributed by atoms with van der Waals surface area (Å²) in [6, 6.07) is 13.6. The first-order valence-electron chi connectivity index (χ1n) is 11.1. The number of hydrogen-bond donors (Lipinski definition) is 0. The Balaban J connectivity index is 1.77. The molecule has 0 aromatic heterocycles. The summed E-state index contributed by atoms with van der Waals surface area (Å²) in [6.45, 7) is 10.3. The molecule has 0 N–H and O–H groups in total. The lowest BCUT2D eigenvalue weighted by Crippen LogP contribution is -2.57. The quantitative estimate of drug-likeness (QED) is 0.627. The van der Waals surface area contributed by atoms with Crippen LogP contribution in [0.5, 0.6) is 0 Å². The van der Waals surface area contributed by atoms with E-state index in [1.807, 2.05) is 68.1 Å². The molecule has 1 aliphatic rings. The van der Waals surface area contributed by atoms with Crippen LogP contribution in [-0.2, 0) is 9.47 Å². The van der Waals surface area contributed by atoms with Crippen molar-refractivity contribution in [2.75, 3.05) is 32.8 Å². The SMILES string of the molecule is CCCOCC[C@H]1CN(C(=O)c2cccc3ccccc23)CCN1C(=O)OC(C)(C)C. The number of ether oxygens (including phenoxy) is 2. The molecule has 168 valence electrons. The number of rotatable bonds is 6. The number of nitrogens with zero attached hydrogens (tertiary/aromatic N) is 2. The highest BCUT2D eigenvalue weighted by atomic mass is 16.6. The number of fused-ring (bicyclic) bond motifs is 1. The molecule has 0 radical (unpaired) electrons. The monoisotopic (exact) mass is 426 g/mol. The maximum atomic E-state index is 13.4. The largest absolute Gasteiger partial charge is 0.444 e. The van der Waals surface area contributed by atoms with Crippen LogP contribution in [0.4, 0.5) is 4.79 Å². The van der Waals surface area contributed by atoms with E-state index in [0.29, 0.717) is 44.8 Å². The van der Waals surface area contributed by atoms with Crippen molar-refractivity contribution in [2.24, 2.45) is 0 Å². The van der Waals surface area contributed by atoms with Crippen molar-refractivity contribution in [1.82, 2.24) is 9.80 Å². The van der Waals surface area contributed by atoms with Crippen molar-refractivity contribution in [3.63, 3.8) is 0 Å². The fraction of sp³-hybridized carbons (Fsp3) is 0.520. The Morgan fingerprint density at radius 3 is 2.52 bits per heavy atom. The first-order chi connectivity index (χ1) is 14.8. The van der Waals surface area contributed by atoms with Crippen molar-refractivity contribution in [1.29, 1.82) is 0 Å². The normalized spacial score (nSPS) is 17.1. The van der Waals surface area contributed by atoms with Crippen molar-refractivity contribution in [3.05, 3.63) is 48.0 Å². The first kappa shape index (κ1) is 23.1. The Morgan fingerprint density at radius 2 is 1.77 bits per heavy atom. The van der Waals surface area contributed by atoms with Crippen LogP contribution in [0, 0.1) is 0 Å². The van der Waals surface area contributed by atoms with Gasteiger partial charge in [0.05, 0.1) is 6.04 Å². The van der Waals surface area contributed by atoms with Gasteiger partial charge in [0.15, 0.2) is 0 Å². The van der Waals surface area contributed by atoms with Crippen LogP contribution >= 0.6 is 0 Å². The van der Waals surface area contributed by atoms with Crippen LogP contribution < -0.4 is 0 Å². The lowest BCUT2D eigenvalue weighted by molar-refractivity contribution is -0.00666. The standard InChI is InChI=1S/C25H34N2O4/c1-5-16-30-17-13-20-18-26(14-15-27(20)24(29)31-25(2,3)4)23(28)22-12-8-10-19-9-6-7-11-21(19)22/h6-12,20H,5,13-18H2,1-4H3/t20-/m0/s1. The van der Waals surface area contributed by atoms with Crippen molar-refractivity contribution in [3.8, 4) is 0 Å². The molecule has 0 unspecified atom stereocenters. The molecular formula is C25H34N2O4. The molecule has 0 saturated carbocycles. The minimum atomic E-state index is -0.559. The number of carbonyl (C=O) groups excluding carboxylic acids is 2. The number of amides is 2. The smallest absolute Gasteiger partial charge is 0.410 e. The van der Waals surface area contributed by atoms with Gasteiger partial charge in [0.2, 0.25) is 0 Å². The van der Waals surface area contributed by atoms with E-state index in [1.54, 1.807) is 4.90 Å². The summed E-state index contributed by atoms with van der Waals surface area (Å²) in [7, 11) is 0. The van der Waals surface area contributed by atoms with E-state index < -0.39 is 5.60 Å². The summed E-state index contributed by atoms with van der Waals surface area (Å²) in [6.07, 6.45) is 1.29. The molecule has 31 heavy (non-hydrogen) atoms. The second-order valence-electron chi connectivity index (χ2n) is 9.01. The fourth-order valence-electron chi connectivity index (χ4n) is 3.90. The fourth-order valence-corrected chi connectivity index (χ4v) is 3.90. The molecule has 1 fully saturated rings. The molecule has 0 spiro atoms. The van der Waals surface area contributed by atoms with Gasteiger partial charge in [-0.15, -0.1) is 0 Å². The highest BCUT2D eigenvalue weighted by Gasteiger charge is 2.35. The zero-order valence-electron chi connectivity index (χ0n) is 19.1. The first-order valence-corrected chi connectivity index (χ1v) is 11.1. The maximum absolute atomic E-state index is 13.4. The van der Waals surface area contributed by atoms with E-state index in [0.717, 1.165) is 17.2 Å². The Kier molecular flexibility index (Phi) is 7.55. The number of piperazine rings is 1. The van der Waals surface area contributed by atoms with Gasteiger partial charge in [0.25, 0.3) is 5.91 Å². The van der Waals surface area contributed by atoms with E-state index >= 15 is 0 Å². The molecule has 2 amide bonds. The summed E-state index contributed by atoms with van der Waals surface area (Å²) in [5.41, 5.74) is 0.140. The lowest BCUT2D eigenvalue weighted by Gasteiger charge is -2.41. The maximum Gasteiger partial charge on any atom is 0.410 e. The van der Waals surface area contributed by atoms with Gasteiger partial charge in [0, 0.05) is 38.4 Å². The highest BCUT2D eigenvalue weighted by Crippen LogP contribution is 2.23. The van der Waals surface area contributed by atoms with Crippen molar-refractivity contribution in [2.45, 2.75) is 52.2 Å². The van der Waals surface area contributed by atoms with Gasteiger partial charge >= 0.3 is 6.09 Å². The van der Waals surface area contributed by atoms with Crippen LogP contribution in [0.2, 0.25) is 0 Å². The van der Waals surface area contributed by atoms with Gasteiger partial charge in [-0.1, -0.05) is 43.3 Å². The number of hydrogen-bond acceptors (Lipinski definition) is 4. The zero-order chi connectivity index (χ0) is 22.4. The molecule has 0 bridgehead atoms.